The van der Waals surface area contributed by atoms with Crippen LogP contribution in [0, 0.1) is 0 Å². The van der Waals surface area contributed by atoms with Crippen molar-refractivity contribution in [3.63, 3.8) is 0 Å². The normalized spacial score (nSPS) is 13.3. The zero-order valence-corrected chi connectivity index (χ0v) is 16.0. The summed E-state index contributed by atoms with van der Waals surface area (Å²) in [5.41, 5.74) is 2.94. The van der Waals surface area contributed by atoms with E-state index in [1.54, 1.807) is 25.3 Å². The van der Waals surface area contributed by atoms with Gasteiger partial charge in [-0.25, -0.2) is 4.98 Å². The molecule has 2 aromatic carbocycles. The molecule has 0 fully saturated rings. The first-order valence-corrected chi connectivity index (χ1v) is 9.57. The van der Waals surface area contributed by atoms with Gasteiger partial charge in [0.1, 0.15) is 5.75 Å². The van der Waals surface area contributed by atoms with Crippen molar-refractivity contribution in [1.82, 2.24) is 15.2 Å². The topological polar surface area (TPSA) is 80.2 Å². The van der Waals surface area contributed by atoms with Crippen LogP contribution in [0.25, 0.3) is 11.4 Å². The molecule has 0 bridgehead atoms. The lowest BCUT2D eigenvalue weighted by Gasteiger charge is -2.14. The van der Waals surface area contributed by atoms with E-state index in [1.807, 2.05) is 24.3 Å². The average Bonchev–Trinajstić information content (AvgIpc) is 3.16. The van der Waals surface area contributed by atoms with E-state index in [2.05, 4.69) is 20.2 Å². The number of aliphatic imine (C=N–C) groups is 1. The number of benzene rings is 2. The molecular weight excluding hydrogens is 384 g/mol. The number of thioether (sulfide) groups is 1. The summed E-state index contributed by atoms with van der Waals surface area (Å²) in [5, 5.41) is 8.31. The smallest absolute Gasteiger partial charge is 0.209 e. The van der Waals surface area contributed by atoms with E-state index in [9.17, 15) is 4.79 Å². The number of aromatic amines is 1. The molecule has 2 heterocycles. The molecule has 136 valence electrons. The molecule has 0 unspecified atom stereocenters. The molecule has 1 N–H and O–H groups in total. The molecule has 1 aliphatic rings. The molecular formula is C19H15ClN4O2S. The Labute approximate surface area is 165 Å². The van der Waals surface area contributed by atoms with E-state index in [0.29, 0.717) is 33.0 Å². The number of H-pyrrole nitrogens is 1. The first kappa shape index (κ1) is 17.8. The van der Waals surface area contributed by atoms with Gasteiger partial charge in [0.2, 0.25) is 5.16 Å². The van der Waals surface area contributed by atoms with Crippen LogP contribution in [0.15, 0.2) is 52.6 Å². The second kappa shape index (κ2) is 7.54. The number of carbonyl (C=O) groups excluding carboxylic acids is 1. The summed E-state index contributed by atoms with van der Waals surface area (Å²) in [7, 11) is 1.62. The summed E-state index contributed by atoms with van der Waals surface area (Å²) in [5.74, 6) is 2.00. The number of ketones is 1. The Morgan fingerprint density at radius 3 is 3.00 bits per heavy atom. The first-order valence-electron chi connectivity index (χ1n) is 8.21. The van der Waals surface area contributed by atoms with Crippen molar-refractivity contribution in [3.05, 3.63) is 53.1 Å². The minimum atomic E-state index is 0.0326. The molecule has 4 rings (SSSR count). The third-order valence-electron chi connectivity index (χ3n) is 4.08. The lowest BCUT2D eigenvalue weighted by atomic mass is 10.0. The molecule has 0 radical (unpaired) electrons. The summed E-state index contributed by atoms with van der Waals surface area (Å²) in [6.07, 6.45) is 0.285. The van der Waals surface area contributed by atoms with Gasteiger partial charge in [0.05, 0.1) is 19.2 Å². The van der Waals surface area contributed by atoms with Crippen molar-refractivity contribution >= 4 is 40.5 Å². The van der Waals surface area contributed by atoms with Crippen LogP contribution >= 0.6 is 23.4 Å². The predicted molar refractivity (Wildman–Crippen MR) is 107 cm³/mol. The zero-order valence-electron chi connectivity index (χ0n) is 14.4. The molecule has 1 aliphatic heterocycles. The molecule has 3 aromatic rings. The Morgan fingerprint density at radius 2 is 2.15 bits per heavy atom. The van der Waals surface area contributed by atoms with Gasteiger partial charge in [-0.3, -0.25) is 14.9 Å². The fraction of sp³-hybridized carbons (Fsp3) is 0.158. The van der Waals surface area contributed by atoms with Crippen molar-refractivity contribution in [2.24, 2.45) is 4.99 Å². The van der Waals surface area contributed by atoms with E-state index >= 15 is 0 Å². The minimum absolute atomic E-state index is 0.0326. The Morgan fingerprint density at radius 1 is 1.26 bits per heavy atom. The van der Waals surface area contributed by atoms with Crippen LogP contribution in [0.4, 0.5) is 5.69 Å². The maximum absolute atomic E-state index is 12.3. The van der Waals surface area contributed by atoms with Gasteiger partial charge in [-0.05, 0) is 30.3 Å². The monoisotopic (exact) mass is 398 g/mol. The van der Waals surface area contributed by atoms with Crippen LogP contribution in [0.5, 0.6) is 5.75 Å². The Hall–Kier alpha value is -2.64. The zero-order chi connectivity index (χ0) is 18.8. The number of halogens is 1. The first-order chi connectivity index (χ1) is 13.1. The lowest BCUT2D eigenvalue weighted by Crippen LogP contribution is -2.15. The molecule has 1 aromatic heterocycles. The van der Waals surface area contributed by atoms with Crippen molar-refractivity contribution < 1.29 is 9.53 Å². The maximum atomic E-state index is 12.3. The Kier molecular flexibility index (Phi) is 4.96. The second-order valence-corrected chi connectivity index (χ2v) is 7.31. The standard InChI is InChI=1S/C19H15ClN4O2S/c1-26-14-4-2-3-11(7-14)18-22-19(24-23-18)27-10-13-9-17(25)15-8-12(20)5-6-16(15)21-13/h2-8H,9-10H2,1H3,(H,22,23,24). The summed E-state index contributed by atoms with van der Waals surface area (Å²) >= 11 is 7.40. The van der Waals surface area contributed by atoms with Crippen molar-refractivity contribution in [3.8, 4) is 17.1 Å². The van der Waals surface area contributed by atoms with E-state index in [0.717, 1.165) is 17.0 Å². The highest BCUT2D eigenvalue weighted by molar-refractivity contribution is 7.99. The van der Waals surface area contributed by atoms with Gasteiger partial charge in [-0.1, -0.05) is 35.5 Å². The number of carbonyl (C=O) groups is 1. The number of nitrogens with zero attached hydrogens (tertiary/aromatic N) is 3. The number of fused-ring (bicyclic) bond motifs is 1. The molecule has 0 atom stereocenters. The van der Waals surface area contributed by atoms with Gasteiger partial charge in [-0.2, -0.15) is 0 Å². The fourth-order valence-electron chi connectivity index (χ4n) is 2.76. The number of nitrogens with one attached hydrogen (secondary N) is 1. The molecule has 0 saturated carbocycles. The third kappa shape index (κ3) is 3.89. The molecule has 6 nitrogen and oxygen atoms in total. The van der Waals surface area contributed by atoms with E-state index in [4.69, 9.17) is 16.3 Å². The lowest BCUT2D eigenvalue weighted by molar-refractivity contribution is 0.0999. The van der Waals surface area contributed by atoms with Crippen LogP contribution < -0.4 is 4.74 Å². The number of rotatable bonds is 5. The molecule has 0 spiro atoms. The van der Waals surface area contributed by atoms with Crippen LogP contribution in [-0.4, -0.2) is 39.5 Å². The fourth-order valence-corrected chi connectivity index (χ4v) is 3.66. The second-order valence-electron chi connectivity index (χ2n) is 5.93. The van der Waals surface area contributed by atoms with Gasteiger partial charge in [0, 0.05) is 27.6 Å². The molecule has 8 heteroatoms. The van der Waals surface area contributed by atoms with E-state index in [-0.39, 0.29) is 12.2 Å². The number of aromatic nitrogens is 3. The average molecular weight is 399 g/mol. The molecule has 0 saturated heterocycles. The van der Waals surface area contributed by atoms with Gasteiger partial charge in [0.15, 0.2) is 11.6 Å². The SMILES string of the molecule is COc1cccc(-c2nc(SCC3=Nc4ccc(Cl)cc4C(=O)C3)n[nH]2)c1. The predicted octanol–water partition coefficient (Wildman–Crippen LogP) is 4.58. The van der Waals surface area contributed by atoms with Crippen LogP contribution in [-0.2, 0) is 0 Å². The van der Waals surface area contributed by atoms with Gasteiger partial charge < -0.3 is 4.74 Å². The summed E-state index contributed by atoms with van der Waals surface area (Å²) in [6, 6.07) is 12.8. The van der Waals surface area contributed by atoms with Gasteiger partial charge >= 0.3 is 0 Å². The highest BCUT2D eigenvalue weighted by atomic mass is 35.5. The summed E-state index contributed by atoms with van der Waals surface area (Å²) in [6.45, 7) is 0. The highest BCUT2D eigenvalue weighted by Gasteiger charge is 2.20. The molecule has 0 amide bonds. The van der Waals surface area contributed by atoms with Crippen LogP contribution in [0.3, 0.4) is 0 Å². The number of methoxy groups -OCH3 is 1. The summed E-state index contributed by atoms with van der Waals surface area (Å²) in [4.78, 5) is 21.4. The summed E-state index contributed by atoms with van der Waals surface area (Å²) < 4.78 is 5.23. The van der Waals surface area contributed by atoms with Crippen molar-refractivity contribution in [2.45, 2.75) is 11.6 Å². The Bertz CT molecular complexity index is 1050. The molecule has 0 aliphatic carbocycles. The Balaban J connectivity index is 1.47. The van der Waals surface area contributed by atoms with Crippen LogP contribution in [0.2, 0.25) is 5.02 Å². The number of ether oxygens (including phenoxy) is 1. The number of hydrogen-bond acceptors (Lipinski definition) is 6. The maximum Gasteiger partial charge on any atom is 0.209 e. The number of Topliss-reactive ketones (excluding diaryl/α,β-unsaturated/α-hetero) is 1. The van der Waals surface area contributed by atoms with Crippen molar-refractivity contribution in [2.75, 3.05) is 12.9 Å². The minimum Gasteiger partial charge on any atom is -0.497 e. The van der Waals surface area contributed by atoms with E-state index in [1.165, 1.54) is 11.8 Å². The number of hydrogen-bond donors (Lipinski definition) is 1. The highest BCUT2D eigenvalue weighted by Crippen LogP contribution is 2.30. The molecule has 27 heavy (non-hydrogen) atoms. The third-order valence-corrected chi connectivity index (χ3v) is 5.23. The van der Waals surface area contributed by atoms with Crippen molar-refractivity contribution in [1.29, 1.82) is 0 Å². The quantitative estimate of drug-likeness (QED) is 0.636. The van der Waals surface area contributed by atoms with E-state index < -0.39 is 0 Å². The van der Waals surface area contributed by atoms with Gasteiger partial charge in [-0.15, -0.1) is 5.10 Å². The largest absolute Gasteiger partial charge is 0.497 e. The van der Waals surface area contributed by atoms with Gasteiger partial charge in [0.25, 0.3) is 0 Å². The van der Waals surface area contributed by atoms with Crippen LogP contribution in [0.1, 0.15) is 16.8 Å².